The fourth-order valence-corrected chi connectivity index (χ4v) is 7.95. The Hall–Kier alpha value is -3.74. The van der Waals surface area contributed by atoms with Crippen LogP contribution in [0.5, 0.6) is 23.0 Å². The quantitative estimate of drug-likeness (QED) is 0.179. The molecule has 0 saturated carbocycles. The van der Waals surface area contributed by atoms with Crippen LogP contribution in [0.2, 0.25) is 0 Å². The Morgan fingerprint density at radius 2 is 0.688 bits per heavy atom. The molecular formula is C26H12O4S2. The molecule has 32 heavy (non-hydrogen) atoms. The Bertz CT molecular complexity index is 1930. The topological polar surface area (TPSA) is 80.9 Å². The van der Waals surface area contributed by atoms with E-state index in [1.807, 2.05) is 24.3 Å². The summed E-state index contributed by atoms with van der Waals surface area (Å²) in [5.74, 6) is -0.236. The fraction of sp³-hybridized carbons (Fsp3) is 0. The number of benzene rings is 8. The number of hydrogen-bond donors (Lipinski definition) is 4. The first-order chi connectivity index (χ1) is 15.5. The predicted molar refractivity (Wildman–Crippen MR) is 134 cm³/mol. The molecule has 2 aromatic heterocycles. The molecule has 4 nitrogen and oxygen atoms in total. The first-order valence-electron chi connectivity index (χ1n) is 10.1. The highest BCUT2D eigenvalue weighted by Gasteiger charge is 2.21. The summed E-state index contributed by atoms with van der Waals surface area (Å²) < 4.78 is 4.64. The van der Waals surface area contributed by atoms with Gasteiger partial charge in [-0.05, 0) is 70.1 Å². The summed E-state index contributed by atoms with van der Waals surface area (Å²) in [6, 6.07) is 15.9. The van der Waals surface area contributed by atoms with Gasteiger partial charge in [0.2, 0.25) is 0 Å². The van der Waals surface area contributed by atoms with Crippen molar-refractivity contribution in [1.82, 2.24) is 0 Å². The molecule has 152 valence electrons. The number of fused-ring (bicyclic) bond motifs is 9. The van der Waals surface area contributed by atoms with Crippen LogP contribution in [0.25, 0.3) is 72.7 Å². The average molecular weight is 453 g/mol. The normalized spacial score (nSPS) is 12.9. The van der Waals surface area contributed by atoms with Gasteiger partial charge >= 0.3 is 0 Å². The van der Waals surface area contributed by atoms with Crippen LogP contribution >= 0.6 is 22.7 Å². The lowest BCUT2D eigenvalue weighted by atomic mass is 9.96. The molecule has 0 unspecified atom stereocenters. The molecule has 0 aliphatic rings. The van der Waals surface area contributed by atoms with Crippen molar-refractivity contribution in [2.75, 3.05) is 0 Å². The molecule has 0 saturated heterocycles. The summed E-state index contributed by atoms with van der Waals surface area (Å²) in [5.41, 5.74) is 0. The molecule has 4 bridgehead atoms. The third-order valence-electron chi connectivity index (χ3n) is 6.82. The van der Waals surface area contributed by atoms with Gasteiger partial charge in [-0.25, -0.2) is 0 Å². The van der Waals surface area contributed by atoms with Crippen LogP contribution in [-0.2, 0) is 0 Å². The lowest BCUT2D eigenvalue weighted by Crippen LogP contribution is -1.83. The van der Waals surface area contributed by atoms with Crippen molar-refractivity contribution in [3.63, 3.8) is 0 Å². The summed E-state index contributed by atoms with van der Waals surface area (Å²) in [4.78, 5) is 0. The summed E-state index contributed by atoms with van der Waals surface area (Å²) in [6.07, 6.45) is 0. The predicted octanol–water partition coefficient (Wildman–Crippen LogP) is 7.58. The van der Waals surface area contributed by atoms with Crippen LogP contribution in [-0.4, -0.2) is 20.4 Å². The lowest BCUT2D eigenvalue weighted by Gasteiger charge is -2.12. The van der Waals surface area contributed by atoms with Gasteiger partial charge in [-0.3, -0.25) is 0 Å². The van der Waals surface area contributed by atoms with Crippen molar-refractivity contribution in [2.24, 2.45) is 0 Å². The molecule has 10 rings (SSSR count). The number of phenolic OH excluding ortho intramolecular Hbond substituents is 4. The second kappa shape index (κ2) is 5.18. The minimum atomic E-state index is -0.0611. The number of thiophene rings is 2. The fourth-order valence-electron chi connectivity index (χ4n) is 5.27. The zero-order valence-corrected chi connectivity index (χ0v) is 17.9. The van der Waals surface area contributed by atoms with E-state index in [4.69, 9.17) is 0 Å². The SMILES string of the molecule is Oc1c(O)c2ccc1c1cc3sc4c5cc6c7ccc(c(O)c7O)c6cc5sc4c3cc21. The lowest BCUT2D eigenvalue weighted by molar-refractivity contribution is 0.412. The molecule has 8 aromatic carbocycles. The molecule has 2 heterocycles. The maximum Gasteiger partial charge on any atom is 0.166 e. The highest BCUT2D eigenvalue weighted by atomic mass is 32.1. The highest BCUT2D eigenvalue weighted by Crippen LogP contribution is 2.52. The zero-order chi connectivity index (χ0) is 21.5. The van der Waals surface area contributed by atoms with E-state index < -0.39 is 0 Å². The number of rotatable bonds is 0. The third-order valence-corrected chi connectivity index (χ3v) is 9.32. The van der Waals surface area contributed by atoms with Gasteiger partial charge in [0.1, 0.15) is 0 Å². The summed E-state index contributed by atoms with van der Waals surface area (Å²) >= 11 is 3.44. The van der Waals surface area contributed by atoms with E-state index in [0.717, 1.165) is 41.7 Å². The average Bonchev–Trinajstić information content (AvgIpc) is 3.32. The molecule has 10 aromatic rings. The largest absolute Gasteiger partial charge is 0.504 e. The van der Waals surface area contributed by atoms with Gasteiger partial charge in [0.15, 0.2) is 23.0 Å². The number of hydrogen-bond acceptors (Lipinski definition) is 6. The third kappa shape index (κ3) is 1.74. The monoisotopic (exact) mass is 452 g/mol. The Kier molecular flexibility index (Phi) is 2.73. The van der Waals surface area contributed by atoms with Gasteiger partial charge in [0.25, 0.3) is 0 Å². The molecule has 0 aliphatic carbocycles. The van der Waals surface area contributed by atoms with E-state index in [-0.39, 0.29) is 23.0 Å². The van der Waals surface area contributed by atoms with Gasteiger partial charge in [0.05, 0.1) is 9.40 Å². The number of phenols is 8. The van der Waals surface area contributed by atoms with Crippen molar-refractivity contribution < 1.29 is 20.4 Å². The molecule has 0 fully saturated rings. The summed E-state index contributed by atoms with van der Waals surface area (Å²) in [6.45, 7) is 0. The van der Waals surface area contributed by atoms with Crippen molar-refractivity contribution in [1.29, 1.82) is 0 Å². The van der Waals surface area contributed by atoms with Gasteiger partial charge in [-0.2, -0.15) is 0 Å². The van der Waals surface area contributed by atoms with Crippen molar-refractivity contribution in [2.45, 2.75) is 0 Å². The van der Waals surface area contributed by atoms with Crippen LogP contribution < -0.4 is 0 Å². The van der Waals surface area contributed by atoms with Crippen LogP contribution in [0.4, 0.5) is 0 Å². The van der Waals surface area contributed by atoms with Gasteiger partial charge in [-0.15, -0.1) is 22.7 Å². The van der Waals surface area contributed by atoms with E-state index >= 15 is 0 Å². The first-order valence-corrected chi connectivity index (χ1v) is 11.7. The first kappa shape index (κ1) is 16.9. The maximum atomic E-state index is 10.4. The van der Waals surface area contributed by atoms with Gasteiger partial charge in [0, 0.05) is 41.7 Å². The van der Waals surface area contributed by atoms with Crippen molar-refractivity contribution >= 4 is 95.3 Å². The van der Waals surface area contributed by atoms with Crippen LogP contribution in [0.1, 0.15) is 0 Å². The van der Waals surface area contributed by atoms with E-state index in [1.54, 1.807) is 22.7 Å². The van der Waals surface area contributed by atoms with E-state index in [2.05, 4.69) is 24.3 Å². The van der Waals surface area contributed by atoms with E-state index in [1.165, 1.54) is 9.40 Å². The van der Waals surface area contributed by atoms with Crippen molar-refractivity contribution in [3.8, 4) is 23.0 Å². The zero-order valence-electron chi connectivity index (χ0n) is 16.2. The Morgan fingerprint density at radius 3 is 1.03 bits per heavy atom. The molecule has 0 radical (unpaired) electrons. The Morgan fingerprint density at radius 1 is 0.375 bits per heavy atom. The number of aromatic hydroxyl groups is 4. The van der Waals surface area contributed by atoms with Gasteiger partial charge in [-0.1, -0.05) is 0 Å². The summed E-state index contributed by atoms with van der Waals surface area (Å²) in [7, 11) is 0. The minimum absolute atomic E-state index is 0.0569. The minimum Gasteiger partial charge on any atom is -0.504 e. The van der Waals surface area contributed by atoms with Crippen LogP contribution in [0.15, 0.2) is 48.5 Å². The van der Waals surface area contributed by atoms with Crippen LogP contribution in [0.3, 0.4) is 0 Å². The molecular weight excluding hydrogens is 440 g/mol. The molecule has 4 N–H and O–H groups in total. The maximum absolute atomic E-state index is 10.4. The second-order valence-corrected chi connectivity index (χ2v) is 10.5. The van der Waals surface area contributed by atoms with E-state index in [9.17, 15) is 20.4 Å². The van der Waals surface area contributed by atoms with Crippen molar-refractivity contribution in [3.05, 3.63) is 48.5 Å². The smallest absolute Gasteiger partial charge is 0.166 e. The second-order valence-electron chi connectivity index (χ2n) is 8.37. The molecule has 0 spiro atoms. The van der Waals surface area contributed by atoms with Crippen LogP contribution in [0, 0.1) is 0 Å². The molecule has 6 heteroatoms. The molecule has 0 amide bonds. The molecule has 0 aliphatic heterocycles. The Labute approximate surface area is 187 Å². The molecule has 0 atom stereocenters. The van der Waals surface area contributed by atoms with Gasteiger partial charge < -0.3 is 20.4 Å². The van der Waals surface area contributed by atoms with E-state index in [0.29, 0.717) is 21.5 Å². The Balaban J connectivity index is 1.55. The highest BCUT2D eigenvalue weighted by molar-refractivity contribution is 7.36. The summed E-state index contributed by atoms with van der Waals surface area (Å²) in [5, 5.41) is 50.0. The standard InChI is InChI=1S/C26H12O4S2/c27-21-9-1-3-11(23(21)29)15-7-19-17(5-13(9)15)25-26(31-19)18-6-14-10-2-4-12(24(30)22(10)28)16(14)8-20(18)32-25/h1-8,27-30H.